The Hall–Kier alpha value is -1.60. The molecular weight excluding hydrogens is 292 g/mol. The summed E-state index contributed by atoms with van der Waals surface area (Å²) >= 11 is 0. The lowest BCUT2D eigenvalue weighted by molar-refractivity contribution is 0.0916. The van der Waals surface area contributed by atoms with Crippen molar-refractivity contribution in [1.29, 1.82) is 0 Å². The first-order valence-corrected chi connectivity index (χ1v) is 8.78. The molecule has 0 radical (unpaired) electrons. The van der Waals surface area contributed by atoms with Crippen molar-refractivity contribution in [3.8, 4) is 0 Å². The van der Waals surface area contributed by atoms with Gasteiger partial charge in [-0.15, -0.1) is 0 Å². The van der Waals surface area contributed by atoms with E-state index in [4.69, 9.17) is 0 Å². The smallest absolute Gasteiger partial charge is 0.251 e. The van der Waals surface area contributed by atoms with Crippen LogP contribution in [0.15, 0.2) is 24.3 Å². The number of anilines is 1. The maximum atomic E-state index is 12.1. The number of benzene rings is 1. The Kier molecular flexibility index (Phi) is 4.84. The van der Waals surface area contributed by atoms with E-state index in [9.17, 15) is 18.3 Å². The van der Waals surface area contributed by atoms with Gasteiger partial charge in [0.1, 0.15) is 0 Å². The van der Waals surface area contributed by atoms with E-state index in [2.05, 4.69) is 10.0 Å². The van der Waals surface area contributed by atoms with E-state index >= 15 is 0 Å². The lowest BCUT2D eigenvalue weighted by atomic mass is 10.0. The van der Waals surface area contributed by atoms with E-state index < -0.39 is 10.0 Å². The van der Waals surface area contributed by atoms with Gasteiger partial charge < -0.3 is 10.4 Å². The van der Waals surface area contributed by atoms with Gasteiger partial charge in [-0.05, 0) is 37.1 Å². The standard InChI is InChI=1S/C14H20N2O4S/c1-21(19,20)16-12-7-5-10(6-8-12)14(18)15-13-4-2-3-11(13)9-17/h5-8,11,13,16-17H,2-4,9H2,1H3,(H,15,18). The molecular formula is C14H20N2O4S. The summed E-state index contributed by atoms with van der Waals surface area (Å²) < 4.78 is 24.6. The fourth-order valence-electron chi connectivity index (χ4n) is 2.60. The summed E-state index contributed by atoms with van der Waals surface area (Å²) in [5.74, 6) is -0.0774. The summed E-state index contributed by atoms with van der Waals surface area (Å²) in [6, 6.07) is 6.26. The molecule has 6 nitrogen and oxygen atoms in total. The Balaban J connectivity index is 2.00. The van der Waals surface area contributed by atoms with Gasteiger partial charge in [-0.1, -0.05) is 6.42 Å². The molecule has 1 aliphatic carbocycles. The second-order valence-corrected chi connectivity index (χ2v) is 7.15. The molecule has 1 aliphatic rings. The van der Waals surface area contributed by atoms with E-state index in [0.29, 0.717) is 11.3 Å². The maximum Gasteiger partial charge on any atom is 0.251 e. The molecule has 0 saturated heterocycles. The highest BCUT2D eigenvalue weighted by Gasteiger charge is 2.28. The number of carbonyl (C=O) groups is 1. The number of sulfonamides is 1. The van der Waals surface area contributed by atoms with Gasteiger partial charge in [0.25, 0.3) is 5.91 Å². The van der Waals surface area contributed by atoms with Gasteiger partial charge in [0, 0.05) is 29.8 Å². The predicted octanol–water partition coefficient (Wildman–Crippen LogP) is 0.949. The highest BCUT2D eigenvalue weighted by molar-refractivity contribution is 7.92. The number of hydrogen-bond acceptors (Lipinski definition) is 4. The summed E-state index contributed by atoms with van der Waals surface area (Å²) in [7, 11) is -3.32. The minimum Gasteiger partial charge on any atom is -0.396 e. The van der Waals surface area contributed by atoms with Gasteiger partial charge in [-0.2, -0.15) is 0 Å². The first-order chi connectivity index (χ1) is 9.89. The topological polar surface area (TPSA) is 95.5 Å². The van der Waals surface area contributed by atoms with E-state index in [1.54, 1.807) is 24.3 Å². The number of aliphatic hydroxyl groups excluding tert-OH is 1. The van der Waals surface area contributed by atoms with E-state index in [1.807, 2.05) is 0 Å². The third-order valence-corrected chi connectivity index (χ3v) is 4.27. The number of nitrogens with one attached hydrogen (secondary N) is 2. The van der Waals surface area contributed by atoms with Crippen LogP contribution in [0.2, 0.25) is 0 Å². The van der Waals surface area contributed by atoms with Crippen molar-refractivity contribution < 1.29 is 18.3 Å². The van der Waals surface area contributed by atoms with Crippen molar-refractivity contribution in [2.45, 2.75) is 25.3 Å². The molecule has 1 fully saturated rings. The first-order valence-electron chi connectivity index (χ1n) is 6.88. The SMILES string of the molecule is CS(=O)(=O)Nc1ccc(C(=O)NC2CCCC2CO)cc1. The molecule has 7 heteroatoms. The minimum absolute atomic E-state index is 0.0105. The fourth-order valence-corrected chi connectivity index (χ4v) is 3.17. The fraction of sp³-hybridized carbons (Fsp3) is 0.500. The molecule has 1 amide bonds. The monoisotopic (exact) mass is 312 g/mol. The molecule has 2 unspecified atom stereocenters. The predicted molar refractivity (Wildman–Crippen MR) is 80.6 cm³/mol. The number of amides is 1. The largest absolute Gasteiger partial charge is 0.396 e. The lowest BCUT2D eigenvalue weighted by Crippen LogP contribution is -2.38. The van der Waals surface area contributed by atoms with Crippen molar-refractivity contribution in [2.75, 3.05) is 17.6 Å². The summed E-state index contributed by atoms with van der Waals surface area (Å²) in [6.07, 6.45) is 3.89. The molecule has 1 aromatic rings. The quantitative estimate of drug-likeness (QED) is 0.754. The minimum atomic E-state index is -3.32. The van der Waals surface area contributed by atoms with Crippen LogP contribution in [0, 0.1) is 5.92 Å². The molecule has 0 spiro atoms. The zero-order chi connectivity index (χ0) is 15.5. The van der Waals surface area contributed by atoms with Gasteiger partial charge in [0.2, 0.25) is 10.0 Å². The van der Waals surface area contributed by atoms with Gasteiger partial charge in [0.15, 0.2) is 0 Å². The van der Waals surface area contributed by atoms with Crippen molar-refractivity contribution in [1.82, 2.24) is 5.32 Å². The molecule has 21 heavy (non-hydrogen) atoms. The molecule has 0 aromatic heterocycles. The third kappa shape index (κ3) is 4.44. The van der Waals surface area contributed by atoms with Crippen LogP contribution in [-0.2, 0) is 10.0 Å². The Morgan fingerprint density at radius 3 is 2.52 bits per heavy atom. The van der Waals surface area contributed by atoms with Crippen LogP contribution in [0.25, 0.3) is 0 Å². The first kappa shape index (κ1) is 15.8. The Morgan fingerprint density at radius 1 is 1.29 bits per heavy atom. The van der Waals surface area contributed by atoms with Crippen molar-refractivity contribution in [3.63, 3.8) is 0 Å². The van der Waals surface area contributed by atoms with Crippen LogP contribution < -0.4 is 10.0 Å². The van der Waals surface area contributed by atoms with Crippen LogP contribution in [0.4, 0.5) is 5.69 Å². The highest BCUT2D eigenvalue weighted by atomic mass is 32.2. The number of aliphatic hydroxyl groups is 1. The van der Waals surface area contributed by atoms with Crippen LogP contribution in [0.5, 0.6) is 0 Å². The molecule has 116 valence electrons. The van der Waals surface area contributed by atoms with Gasteiger partial charge in [0.05, 0.1) is 6.26 Å². The number of hydrogen-bond donors (Lipinski definition) is 3. The molecule has 1 saturated carbocycles. The number of rotatable bonds is 5. The maximum absolute atomic E-state index is 12.1. The van der Waals surface area contributed by atoms with Crippen LogP contribution in [0.3, 0.4) is 0 Å². The second-order valence-electron chi connectivity index (χ2n) is 5.41. The molecule has 0 aliphatic heterocycles. The number of carbonyl (C=O) groups excluding carboxylic acids is 1. The van der Waals surface area contributed by atoms with Crippen molar-refractivity contribution in [3.05, 3.63) is 29.8 Å². The lowest BCUT2D eigenvalue weighted by Gasteiger charge is -2.19. The van der Waals surface area contributed by atoms with Crippen LogP contribution >= 0.6 is 0 Å². The summed E-state index contributed by atoms with van der Waals surface area (Å²) in [4.78, 5) is 12.1. The molecule has 0 bridgehead atoms. The summed E-state index contributed by atoms with van der Waals surface area (Å²) in [5, 5.41) is 12.2. The molecule has 0 heterocycles. The van der Waals surface area contributed by atoms with Gasteiger partial charge in [-0.25, -0.2) is 8.42 Å². The van der Waals surface area contributed by atoms with E-state index in [1.165, 1.54) is 0 Å². The Bertz CT molecular complexity index is 598. The molecule has 2 atom stereocenters. The second kappa shape index (κ2) is 6.44. The van der Waals surface area contributed by atoms with Crippen LogP contribution in [0.1, 0.15) is 29.6 Å². The van der Waals surface area contributed by atoms with Crippen molar-refractivity contribution >= 4 is 21.6 Å². The van der Waals surface area contributed by atoms with E-state index in [0.717, 1.165) is 25.5 Å². The molecule has 2 rings (SSSR count). The zero-order valence-corrected chi connectivity index (χ0v) is 12.7. The summed E-state index contributed by atoms with van der Waals surface area (Å²) in [5.41, 5.74) is 0.890. The normalized spacial score (nSPS) is 22.0. The third-order valence-electron chi connectivity index (χ3n) is 3.66. The Labute approximate surface area is 124 Å². The molecule has 3 N–H and O–H groups in total. The van der Waals surface area contributed by atoms with Crippen LogP contribution in [-0.4, -0.2) is 38.3 Å². The summed E-state index contributed by atoms with van der Waals surface area (Å²) in [6.45, 7) is 0.0855. The van der Waals surface area contributed by atoms with Gasteiger partial charge >= 0.3 is 0 Å². The average Bonchev–Trinajstić information content (AvgIpc) is 2.85. The Morgan fingerprint density at radius 2 is 1.95 bits per heavy atom. The van der Waals surface area contributed by atoms with E-state index in [-0.39, 0.29) is 24.5 Å². The van der Waals surface area contributed by atoms with Gasteiger partial charge in [-0.3, -0.25) is 9.52 Å². The zero-order valence-electron chi connectivity index (χ0n) is 11.9. The molecule has 1 aromatic carbocycles. The van der Waals surface area contributed by atoms with Crippen molar-refractivity contribution in [2.24, 2.45) is 5.92 Å². The average molecular weight is 312 g/mol. The highest BCUT2D eigenvalue weighted by Crippen LogP contribution is 2.25.